The molecule has 0 saturated carbocycles. The lowest BCUT2D eigenvalue weighted by molar-refractivity contribution is 0.789. The highest BCUT2D eigenvalue weighted by Gasteiger charge is 2.13. The second-order valence-corrected chi connectivity index (χ2v) is 5.19. The Balaban J connectivity index is 2.01. The fourth-order valence-electron chi connectivity index (χ4n) is 2.78. The number of nitrogens with zero attached hydrogens (tertiary/aromatic N) is 3. The largest absolute Gasteiger partial charge is 0.336 e. The van der Waals surface area contributed by atoms with Crippen molar-refractivity contribution in [2.45, 2.75) is 6.54 Å². The number of imidazole rings is 1. The van der Waals surface area contributed by atoms with Gasteiger partial charge in [0, 0.05) is 18.6 Å². The molecule has 1 N–H and O–H groups in total. The van der Waals surface area contributed by atoms with Gasteiger partial charge in [-0.15, -0.1) is 0 Å². The number of aromatic nitrogens is 4. The maximum Gasteiger partial charge on any atom is 0.326 e. The van der Waals surface area contributed by atoms with Crippen LogP contribution < -0.4 is 5.69 Å². The summed E-state index contributed by atoms with van der Waals surface area (Å²) in [5, 5.41) is 0.990. The zero-order valence-corrected chi connectivity index (χ0v) is 11.6. The lowest BCUT2D eigenvalue weighted by Gasteiger charge is -2.04. The van der Waals surface area contributed by atoms with Gasteiger partial charge in [0.25, 0.3) is 0 Å². The van der Waals surface area contributed by atoms with Crippen molar-refractivity contribution in [3.8, 4) is 0 Å². The van der Waals surface area contributed by atoms with Gasteiger partial charge < -0.3 is 9.55 Å². The second-order valence-electron chi connectivity index (χ2n) is 5.19. The molecule has 4 rings (SSSR count). The summed E-state index contributed by atoms with van der Waals surface area (Å²) >= 11 is 0. The van der Waals surface area contributed by atoms with E-state index in [-0.39, 0.29) is 5.69 Å². The van der Waals surface area contributed by atoms with Gasteiger partial charge in [-0.3, -0.25) is 4.57 Å². The van der Waals surface area contributed by atoms with Crippen molar-refractivity contribution >= 4 is 22.1 Å². The van der Waals surface area contributed by atoms with Gasteiger partial charge in [-0.2, -0.15) is 0 Å². The average molecular weight is 278 g/mol. The summed E-state index contributed by atoms with van der Waals surface area (Å²) in [4.78, 5) is 19.6. The van der Waals surface area contributed by atoms with Crippen LogP contribution in [0, 0.1) is 0 Å². The Bertz CT molecular complexity index is 992. The minimum Gasteiger partial charge on any atom is -0.336 e. The first-order chi connectivity index (χ1) is 10.2. The van der Waals surface area contributed by atoms with Crippen molar-refractivity contribution in [3.05, 3.63) is 64.8 Å². The molecule has 0 radical (unpaired) electrons. The normalized spacial score (nSPS) is 11.5. The lowest BCUT2D eigenvalue weighted by atomic mass is 10.2. The highest BCUT2D eigenvalue weighted by Crippen LogP contribution is 2.22. The predicted molar refractivity (Wildman–Crippen MR) is 82.4 cm³/mol. The third kappa shape index (κ3) is 1.78. The summed E-state index contributed by atoms with van der Waals surface area (Å²) in [7, 11) is 1.95. The Morgan fingerprint density at radius 3 is 2.81 bits per heavy atom. The Hall–Kier alpha value is -2.82. The van der Waals surface area contributed by atoms with Gasteiger partial charge in [-0.05, 0) is 11.6 Å². The Kier molecular flexibility index (Phi) is 2.47. The van der Waals surface area contributed by atoms with E-state index in [2.05, 4.69) is 9.97 Å². The molecule has 0 bridgehead atoms. The molecule has 5 nitrogen and oxygen atoms in total. The lowest BCUT2D eigenvalue weighted by Crippen LogP contribution is -2.17. The molecule has 3 aromatic heterocycles. The molecule has 5 heteroatoms. The Labute approximate surface area is 120 Å². The predicted octanol–water partition coefficient (Wildman–Crippen LogP) is 2.26. The van der Waals surface area contributed by atoms with Crippen molar-refractivity contribution in [3.63, 3.8) is 0 Å². The van der Waals surface area contributed by atoms with Crippen molar-refractivity contribution in [2.75, 3.05) is 0 Å². The van der Waals surface area contributed by atoms with E-state index in [1.54, 1.807) is 10.8 Å². The molecule has 0 aliphatic rings. The van der Waals surface area contributed by atoms with Gasteiger partial charge >= 0.3 is 5.69 Å². The van der Waals surface area contributed by atoms with Crippen LogP contribution >= 0.6 is 0 Å². The van der Waals surface area contributed by atoms with Crippen LogP contribution in [0.5, 0.6) is 0 Å². The van der Waals surface area contributed by atoms with Crippen LogP contribution in [0.4, 0.5) is 0 Å². The van der Waals surface area contributed by atoms with E-state index >= 15 is 0 Å². The fraction of sp³-hybridized carbons (Fsp3) is 0.125. The van der Waals surface area contributed by atoms with E-state index in [1.165, 1.54) is 0 Å². The third-order valence-electron chi connectivity index (χ3n) is 3.81. The molecule has 0 aliphatic carbocycles. The van der Waals surface area contributed by atoms with Crippen LogP contribution in [-0.4, -0.2) is 19.1 Å². The molecule has 21 heavy (non-hydrogen) atoms. The number of H-pyrrole nitrogens is 1. The van der Waals surface area contributed by atoms with Gasteiger partial charge in [0.2, 0.25) is 0 Å². The van der Waals surface area contributed by atoms with Crippen LogP contribution in [0.1, 0.15) is 5.56 Å². The molecule has 104 valence electrons. The van der Waals surface area contributed by atoms with Crippen LogP contribution in [-0.2, 0) is 13.6 Å². The standard InChI is InChI=1S/C16H14N4O/c1-19-8-7-12-14-13(9-17-15(12)19)18-16(21)20(14)10-11-5-3-2-4-6-11/h2-9H,10H2,1H3,(H,18,21). The molecule has 0 spiro atoms. The summed E-state index contributed by atoms with van der Waals surface area (Å²) in [6.45, 7) is 0.549. The van der Waals surface area contributed by atoms with E-state index in [0.29, 0.717) is 6.54 Å². The number of pyridine rings is 1. The summed E-state index contributed by atoms with van der Waals surface area (Å²) in [5.74, 6) is 0. The first-order valence-corrected chi connectivity index (χ1v) is 6.80. The number of aryl methyl sites for hydroxylation is 1. The Morgan fingerprint density at radius 2 is 2.00 bits per heavy atom. The minimum absolute atomic E-state index is 0.105. The molecule has 0 atom stereocenters. The molecule has 0 fully saturated rings. The highest BCUT2D eigenvalue weighted by molar-refractivity contribution is 6.01. The molecular formula is C16H14N4O. The molecule has 0 saturated heterocycles. The topological polar surface area (TPSA) is 55.6 Å². The summed E-state index contributed by atoms with van der Waals surface area (Å²) < 4.78 is 3.73. The summed E-state index contributed by atoms with van der Waals surface area (Å²) in [6.07, 6.45) is 3.68. The van der Waals surface area contributed by atoms with E-state index in [0.717, 1.165) is 27.6 Å². The van der Waals surface area contributed by atoms with Crippen molar-refractivity contribution < 1.29 is 0 Å². The molecule has 3 heterocycles. The van der Waals surface area contributed by atoms with E-state index < -0.39 is 0 Å². The molecular weight excluding hydrogens is 264 g/mol. The van der Waals surface area contributed by atoms with Gasteiger partial charge in [0.1, 0.15) is 5.65 Å². The van der Waals surface area contributed by atoms with E-state index in [1.807, 2.05) is 54.2 Å². The van der Waals surface area contributed by atoms with E-state index in [4.69, 9.17) is 0 Å². The summed E-state index contributed by atoms with van der Waals surface area (Å²) in [6, 6.07) is 12.0. The number of rotatable bonds is 2. The van der Waals surface area contributed by atoms with Gasteiger partial charge in [-0.1, -0.05) is 30.3 Å². The van der Waals surface area contributed by atoms with Crippen LogP contribution in [0.25, 0.3) is 22.1 Å². The van der Waals surface area contributed by atoms with Gasteiger partial charge in [0.15, 0.2) is 0 Å². The quantitative estimate of drug-likeness (QED) is 0.611. The SMILES string of the molecule is Cn1ccc2c1ncc1[nH]c(=O)n(Cc3ccccc3)c12. The fourth-order valence-corrected chi connectivity index (χ4v) is 2.78. The molecule has 0 unspecified atom stereocenters. The number of benzene rings is 1. The van der Waals surface area contributed by atoms with Crippen molar-refractivity contribution in [1.29, 1.82) is 0 Å². The number of fused-ring (bicyclic) bond motifs is 3. The first-order valence-electron chi connectivity index (χ1n) is 6.80. The van der Waals surface area contributed by atoms with E-state index in [9.17, 15) is 4.79 Å². The monoisotopic (exact) mass is 278 g/mol. The van der Waals surface area contributed by atoms with Crippen molar-refractivity contribution in [1.82, 2.24) is 19.1 Å². The number of hydrogen-bond acceptors (Lipinski definition) is 2. The van der Waals surface area contributed by atoms with Crippen molar-refractivity contribution in [2.24, 2.45) is 7.05 Å². The minimum atomic E-state index is -0.105. The molecule has 0 aliphatic heterocycles. The third-order valence-corrected chi connectivity index (χ3v) is 3.81. The summed E-state index contributed by atoms with van der Waals surface area (Å²) in [5.41, 5.74) is 3.56. The van der Waals surface area contributed by atoms with Crippen LogP contribution in [0.3, 0.4) is 0 Å². The van der Waals surface area contributed by atoms with Crippen LogP contribution in [0.2, 0.25) is 0 Å². The Morgan fingerprint density at radius 1 is 1.19 bits per heavy atom. The maximum absolute atomic E-state index is 12.3. The molecule has 1 aromatic carbocycles. The van der Waals surface area contributed by atoms with Gasteiger partial charge in [-0.25, -0.2) is 9.78 Å². The number of hydrogen-bond donors (Lipinski definition) is 1. The van der Waals surface area contributed by atoms with Gasteiger partial charge in [0.05, 0.1) is 23.8 Å². The zero-order chi connectivity index (χ0) is 14.4. The number of nitrogens with one attached hydrogen (secondary N) is 1. The number of aromatic amines is 1. The first kappa shape index (κ1) is 12.0. The second kappa shape index (κ2) is 4.34. The molecule has 0 amide bonds. The smallest absolute Gasteiger partial charge is 0.326 e. The zero-order valence-electron chi connectivity index (χ0n) is 11.6. The van der Waals surface area contributed by atoms with Crippen LogP contribution in [0.15, 0.2) is 53.6 Å². The maximum atomic E-state index is 12.3. The molecule has 4 aromatic rings. The highest BCUT2D eigenvalue weighted by atomic mass is 16.1. The average Bonchev–Trinajstić information content (AvgIpc) is 3.02.